The maximum atomic E-state index is 13.2. The molecule has 1 atom stereocenters. The number of carboxylic acids is 1. The summed E-state index contributed by atoms with van der Waals surface area (Å²) in [5.41, 5.74) is 0.377. The van der Waals surface area contributed by atoms with Gasteiger partial charge in [0, 0.05) is 26.2 Å². The number of hydrogen-bond acceptors (Lipinski definition) is 8. The van der Waals surface area contributed by atoms with Crippen molar-refractivity contribution in [1.82, 2.24) is 30.0 Å². The van der Waals surface area contributed by atoms with E-state index >= 15 is 0 Å². The van der Waals surface area contributed by atoms with Gasteiger partial charge in [0.1, 0.15) is 5.69 Å². The van der Waals surface area contributed by atoms with Crippen molar-refractivity contribution in [1.29, 1.82) is 0 Å². The molecule has 1 fully saturated rings. The third-order valence-corrected chi connectivity index (χ3v) is 5.84. The smallest absolute Gasteiger partial charge is 0.336 e. The van der Waals surface area contributed by atoms with Gasteiger partial charge in [-0.3, -0.25) is 18.5 Å². The lowest BCUT2D eigenvalue weighted by molar-refractivity contribution is -0.144. The summed E-state index contributed by atoms with van der Waals surface area (Å²) in [6, 6.07) is 1.45. The Labute approximate surface area is 193 Å². The van der Waals surface area contributed by atoms with Gasteiger partial charge < -0.3 is 20.6 Å². The molecule has 0 aromatic carbocycles. The average molecular weight is 471 g/mol. The summed E-state index contributed by atoms with van der Waals surface area (Å²) in [4.78, 5) is 38.7. The number of carbonyl (C=O) groups is 3. The van der Waals surface area contributed by atoms with Gasteiger partial charge in [-0.05, 0) is 51.7 Å². The Hall–Kier alpha value is -2.15. The maximum absolute atomic E-state index is 13.2. The Kier molecular flexibility index (Phi) is 10.9. The summed E-state index contributed by atoms with van der Waals surface area (Å²) >= 11 is 0.770. The van der Waals surface area contributed by atoms with Crippen LogP contribution in [0.1, 0.15) is 53.6 Å². The fourth-order valence-corrected chi connectivity index (χ4v) is 3.94. The van der Waals surface area contributed by atoms with Gasteiger partial charge in [-0.15, -0.1) is 0 Å². The lowest BCUT2D eigenvalue weighted by Crippen LogP contribution is -2.38. The normalized spacial score (nSPS) is 15.3. The van der Waals surface area contributed by atoms with Gasteiger partial charge >= 0.3 is 5.97 Å². The number of carboxylic acid groups (broad SMARTS) is 1. The molecule has 12 heteroatoms. The molecule has 180 valence electrons. The minimum absolute atomic E-state index is 0.0519. The molecule has 4 N–H and O–H groups in total. The monoisotopic (exact) mass is 470 g/mol. The number of aliphatic carboxylic acids is 1. The van der Waals surface area contributed by atoms with Crippen LogP contribution in [0.4, 0.5) is 0 Å². The molecule has 2 heterocycles. The number of carbonyl (C=O) groups excluding carboxylic acids is 2. The first kappa shape index (κ1) is 26.1. The molecule has 0 saturated carbocycles. The molecule has 0 unspecified atom stereocenters. The van der Waals surface area contributed by atoms with Gasteiger partial charge in [0.05, 0.1) is 18.8 Å². The van der Waals surface area contributed by atoms with Crippen LogP contribution in [-0.4, -0.2) is 83.4 Å². The van der Waals surface area contributed by atoms with Gasteiger partial charge in [-0.2, -0.15) is 5.10 Å². The number of rotatable bonds is 13. The topological polar surface area (TPSA) is 138 Å². The second kappa shape index (κ2) is 13.4. The summed E-state index contributed by atoms with van der Waals surface area (Å²) in [7, 11) is 3.20. The zero-order valence-electron chi connectivity index (χ0n) is 18.9. The van der Waals surface area contributed by atoms with Crippen molar-refractivity contribution in [3.05, 3.63) is 17.5 Å². The molecule has 1 aliphatic heterocycles. The standard InChI is InChI=1S/C20H34N6O5S/c1-4-10-26(11-7-14-5-8-22-9-6-14)19(28)16-12-15(24-25(16)3)18(27)23-13-17(20(29)30)31-32-21-2/h12,14,17,21-22H,4-11,13H2,1-3H3,(H,23,27)(H,29,30)/t17-/m0/s1. The van der Waals surface area contributed by atoms with E-state index in [9.17, 15) is 14.4 Å². The average Bonchev–Trinajstić information content (AvgIpc) is 3.18. The quantitative estimate of drug-likeness (QED) is 0.242. The summed E-state index contributed by atoms with van der Waals surface area (Å²) in [5.74, 6) is -1.32. The first-order valence-corrected chi connectivity index (χ1v) is 11.7. The Balaban J connectivity index is 2.00. The van der Waals surface area contributed by atoms with Crippen molar-refractivity contribution < 1.29 is 23.7 Å². The van der Waals surface area contributed by atoms with Crippen molar-refractivity contribution in [3.63, 3.8) is 0 Å². The summed E-state index contributed by atoms with van der Waals surface area (Å²) in [5, 5.41) is 19.2. The number of aryl methyl sites for hydroxylation is 1. The highest BCUT2D eigenvalue weighted by atomic mass is 32.2. The molecule has 32 heavy (non-hydrogen) atoms. The van der Waals surface area contributed by atoms with Crippen LogP contribution in [0.5, 0.6) is 0 Å². The summed E-state index contributed by atoms with van der Waals surface area (Å²) < 4.78 is 9.04. The van der Waals surface area contributed by atoms with E-state index in [1.54, 1.807) is 14.1 Å². The third-order valence-electron chi connectivity index (χ3n) is 5.35. The maximum Gasteiger partial charge on any atom is 0.336 e. The number of nitrogens with zero attached hydrogens (tertiary/aromatic N) is 3. The summed E-state index contributed by atoms with van der Waals surface area (Å²) in [6.45, 7) is 5.14. The van der Waals surface area contributed by atoms with Crippen molar-refractivity contribution in [2.45, 2.75) is 38.7 Å². The van der Waals surface area contributed by atoms with Crippen LogP contribution in [0.2, 0.25) is 0 Å². The summed E-state index contributed by atoms with van der Waals surface area (Å²) in [6.07, 6.45) is 2.82. The molecule has 0 spiro atoms. The molecule has 0 radical (unpaired) electrons. The van der Waals surface area contributed by atoms with E-state index in [1.165, 1.54) is 10.7 Å². The third kappa shape index (κ3) is 7.76. The first-order valence-electron chi connectivity index (χ1n) is 10.9. The Morgan fingerprint density at radius 3 is 2.72 bits per heavy atom. The van der Waals surface area contributed by atoms with Crippen LogP contribution >= 0.6 is 12.2 Å². The molecule has 11 nitrogen and oxygen atoms in total. The van der Waals surface area contributed by atoms with Gasteiger partial charge in [0.2, 0.25) is 0 Å². The Morgan fingerprint density at radius 2 is 2.09 bits per heavy atom. The van der Waals surface area contributed by atoms with E-state index in [-0.39, 0.29) is 18.1 Å². The molecular weight excluding hydrogens is 436 g/mol. The van der Waals surface area contributed by atoms with Gasteiger partial charge in [-0.1, -0.05) is 6.92 Å². The SMILES string of the molecule is CCCN(CCC1CCNCC1)C(=O)c1cc(C(=O)NC[C@H](OSNC)C(=O)O)nn1C. The fourth-order valence-electron chi connectivity index (χ4n) is 3.58. The molecule has 1 aromatic rings. The van der Waals surface area contributed by atoms with E-state index in [2.05, 4.69) is 20.5 Å². The predicted molar refractivity (Wildman–Crippen MR) is 121 cm³/mol. The van der Waals surface area contributed by atoms with Gasteiger partial charge in [0.15, 0.2) is 11.8 Å². The van der Waals surface area contributed by atoms with Crippen LogP contribution in [0.3, 0.4) is 0 Å². The van der Waals surface area contributed by atoms with Crippen LogP contribution in [0, 0.1) is 5.92 Å². The highest BCUT2D eigenvalue weighted by molar-refractivity contribution is 7.92. The largest absolute Gasteiger partial charge is 0.479 e. The fraction of sp³-hybridized carbons (Fsp3) is 0.700. The van der Waals surface area contributed by atoms with E-state index < -0.39 is 18.0 Å². The predicted octanol–water partition coefficient (Wildman–Crippen LogP) is 0.644. The van der Waals surface area contributed by atoms with Gasteiger partial charge in [0.25, 0.3) is 11.8 Å². The molecule has 1 saturated heterocycles. The number of piperidine rings is 1. The molecular formula is C20H34N6O5S. The van der Waals surface area contributed by atoms with E-state index in [0.717, 1.165) is 51.0 Å². The van der Waals surface area contributed by atoms with Crippen LogP contribution in [0.25, 0.3) is 0 Å². The minimum Gasteiger partial charge on any atom is -0.479 e. The van der Waals surface area contributed by atoms with Gasteiger partial charge in [-0.25, -0.2) is 9.52 Å². The zero-order chi connectivity index (χ0) is 23.5. The van der Waals surface area contributed by atoms with Crippen molar-refractivity contribution in [2.24, 2.45) is 13.0 Å². The lowest BCUT2D eigenvalue weighted by Gasteiger charge is -2.27. The number of nitrogens with one attached hydrogen (secondary N) is 3. The van der Waals surface area contributed by atoms with Crippen LogP contribution < -0.4 is 15.4 Å². The Bertz CT molecular complexity index is 768. The molecule has 2 rings (SSSR count). The minimum atomic E-state index is -1.23. The van der Waals surface area contributed by atoms with E-state index in [0.29, 0.717) is 24.7 Å². The zero-order valence-corrected chi connectivity index (χ0v) is 19.7. The molecule has 1 aromatic heterocycles. The molecule has 0 aliphatic carbocycles. The van der Waals surface area contributed by atoms with Crippen molar-refractivity contribution in [2.75, 3.05) is 39.8 Å². The number of hydrogen-bond donors (Lipinski definition) is 4. The van der Waals surface area contributed by atoms with E-state index in [1.807, 2.05) is 11.8 Å². The van der Waals surface area contributed by atoms with Crippen molar-refractivity contribution in [3.8, 4) is 0 Å². The van der Waals surface area contributed by atoms with Crippen LogP contribution in [0.15, 0.2) is 6.07 Å². The second-order valence-electron chi connectivity index (χ2n) is 7.73. The molecule has 0 bridgehead atoms. The van der Waals surface area contributed by atoms with Crippen molar-refractivity contribution >= 4 is 30.0 Å². The number of aromatic nitrogens is 2. The highest BCUT2D eigenvalue weighted by Crippen LogP contribution is 2.18. The lowest BCUT2D eigenvalue weighted by atomic mass is 9.94. The van der Waals surface area contributed by atoms with E-state index in [4.69, 9.17) is 9.29 Å². The molecule has 1 aliphatic rings. The Morgan fingerprint density at radius 1 is 1.38 bits per heavy atom. The second-order valence-corrected chi connectivity index (χ2v) is 8.50. The number of amides is 2. The molecule has 2 amide bonds. The van der Waals surface area contributed by atoms with Crippen LogP contribution in [-0.2, 0) is 16.0 Å². The first-order chi connectivity index (χ1) is 15.4. The highest BCUT2D eigenvalue weighted by Gasteiger charge is 2.25.